The van der Waals surface area contributed by atoms with Crippen LogP contribution in [0.1, 0.15) is 11.4 Å². The molecule has 0 saturated heterocycles. The second-order valence-corrected chi connectivity index (χ2v) is 4.27. The maximum absolute atomic E-state index is 5.31. The molecule has 0 saturated carbocycles. The first-order valence-electron chi connectivity index (χ1n) is 6.03. The Hall–Kier alpha value is -2.67. The van der Waals surface area contributed by atoms with E-state index in [1.807, 2.05) is 18.2 Å². The lowest BCUT2D eigenvalue weighted by atomic mass is 10.0. The SMILES string of the molecule is C#CCn1nnnc1Cc1cccc2ccccc12. The highest BCUT2D eigenvalue weighted by Gasteiger charge is 2.08. The molecule has 0 atom stereocenters. The summed E-state index contributed by atoms with van der Waals surface area (Å²) in [6, 6.07) is 14.5. The zero-order valence-electron chi connectivity index (χ0n) is 10.3. The van der Waals surface area contributed by atoms with Gasteiger partial charge in [0.2, 0.25) is 0 Å². The van der Waals surface area contributed by atoms with Crippen LogP contribution in [0.25, 0.3) is 10.8 Å². The topological polar surface area (TPSA) is 43.6 Å². The summed E-state index contributed by atoms with van der Waals surface area (Å²) < 4.78 is 1.65. The number of aromatic nitrogens is 4. The summed E-state index contributed by atoms with van der Waals surface area (Å²) in [5.74, 6) is 3.34. The molecule has 4 nitrogen and oxygen atoms in total. The Kier molecular flexibility index (Phi) is 2.95. The van der Waals surface area contributed by atoms with Crippen LogP contribution in [-0.4, -0.2) is 20.2 Å². The van der Waals surface area contributed by atoms with Gasteiger partial charge in [0.15, 0.2) is 5.82 Å². The van der Waals surface area contributed by atoms with Crippen molar-refractivity contribution in [3.05, 3.63) is 53.9 Å². The molecular weight excluding hydrogens is 236 g/mol. The van der Waals surface area contributed by atoms with Crippen molar-refractivity contribution in [2.75, 3.05) is 0 Å². The summed E-state index contributed by atoms with van der Waals surface area (Å²) in [5, 5.41) is 14.1. The van der Waals surface area contributed by atoms with Gasteiger partial charge in [0, 0.05) is 6.42 Å². The molecule has 2 aromatic carbocycles. The van der Waals surface area contributed by atoms with Crippen LogP contribution in [-0.2, 0) is 13.0 Å². The van der Waals surface area contributed by atoms with Crippen molar-refractivity contribution in [2.24, 2.45) is 0 Å². The fourth-order valence-electron chi connectivity index (χ4n) is 2.18. The van der Waals surface area contributed by atoms with Gasteiger partial charge in [-0.2, -0.15) is 0 Å². The van der Waals surface area contributed by atoms with E-state index in [2.05, 4.69) is 45.7 Å². The van der Waals surface area contributed by atoms with Crippen LogP contribution in [0.4, 0.5) is 0 Å². The molecule has 4 heteroatoms. The monoisotopic (exact) mass is 248 g/mol. The number of benzene rings is 2. The van der Waals surface area contributed by atoms with Crippen molar-refractivity contribution >= 4 is 10.8 Å². The van der Waals surface area contributed by atoms with Gasteiger partial charge >= 0.3 is 0 Å². The van der Waals surface area contributed by atoms with Gasteiger partial charge in [-0.05, 0) is 26.8 Å². The van der Waals surface area contributed by atoms with Gasteiger partial charge in [0.1, 0.15) is 6.54 Å². The molecule has 0 spiro atoms. The minimum absolute atomic E-state index is 0.396. The van der Waals surface area contributed by atoms with Crippen LogP contribution in [0.5, 0.6) is 0 Å². The third kappa shape index (κ3) is 2.18. The largest absolute Gasteiger partial charge is 0.217 e. The van der Waals surface area contributed by atoms with Crippen molar-refractivity contribution in [3.8, 4) is 12.3 Å². The predicted octanol–water partition coefficient (Wildman–Crippen LogP) is 2.05. The smallest absolute Gasteiger partial charge is 0.156 e. The standard InChI is InChI=1S/C15H12N4/c1-2-10-19-15(16-17-18-19)11-13-8-5-7-12-6-3-4-9-14(12)13/h1,3-9H,10-11H2. The number of fused-ring (bicyclic) bond motifs is 1. The van der Waals surface area contributed by atoms with Gasteiger partial charge in [0.05, 0.1) is 0 Å². The fourth-order valence-corrected chi connectivity index (χ4v) is 2.18. The molecule has 92 valence electrons. The molecule has 0 aliphatic heterocycles. The highest BCUT2D eigenvalue weighted by molar-refractivity contribution is 5.85. The molecule has 0 radical (unpaired) electrons. The molecule has 0 amide bonds. The summed E-state index contributed by atoms with van der Waals surface area (Å²) in [6.07, 6.45) is 5.98. The van der Waals surface area contributed by atoms with Crippen molar-refractivity contribution < 1.29 is 0 Å². The lowest BCUT2D eigenvalue weighted by Crippen LogP contribution is -2.05. The molecule has 0 aliphatic carbocycles. The van der Waals surface area contributed by atoms with Crippen molar-refractivity contribution in [2.45, 2.75) is 13.0 Å². The summed E-state index contributed by atoms with van der Waals surface area (Å²) in [4.78, 5) is 0. The zero-order chi connectivity index (χ0) is 13.1. The van der Waals surface area contributed by atoms with Gasteiger partial charge in [-0.25, -0.2) is 4.68 Å². The summed E-state index contributed by atoms with van der Waals surface area (Å²) >= 11 is 0. The maximum atomic E-state index is 5.31. The van der Waals surface area contributed by atoms with Gasteiger partial charge in [-0.1, -0.05) is 48.4 Å². The Morgan fingerprint density at radius 2 is 1.95 bits per heavy atom. The fraction of sp³-hybridized carbons (Fsp3) is 0.133. The van der Waals surface area contributed by atoms with Gasteiger partial charge in [-0.15, -0.1) is 11.5 Å². The summed E-state index contributed by atoms with van der Waals surface area (Å²) in [7, 11) is 0. The predicted molar refractivity (Wildman–Crippen MR) is 73.4 cm³/mol. The van der Waals surface area contributed by atoms with E-state index in [-0.39, 0.29) is 0 Å². The van der Waals surface area contributed by atoms with Crippen LogP contribution >= 0.6 is 0 Å². The third-order valence-electron chi connectivity index (χ3n) is 3.08. The van der Waals surface area contributed by atoms with Crippen molar-refractivity contribution in [3.63, 3.8) is 0 Å². The van der Waals surface area contributed by atoms with E-state index in [1.165, 1.54) is 16.3 Å². The Balaban J connectivity index is 2.02. The number of tetrazole rings is 1. The normalized spacial score (nSPS) is 10.5. The zero-order valence-corrected chi connectivity index (χ0v) is 10.3. The van der Waals surface area contributed by atoms with E-state index >= 15 is 0 Å². The van der Waals surface area contributed by atoms with Crippen LogP contribution in [0.15, 0.2) is 42.5 Å². The number of hydrogen-bond donors (Lipinski definition) is 0. The average molecular weight is 248 g/mol. The van der Waals surface area contributed by atoms with E-state index < -0.39 is 0 Å². The molecule has 3 aromatic rings. The van der Waals surface area contributed by atoms with Crippen LogP contribution in [0.2, 0.25) is 0 Å². The number of rotatable bonds is 3. The number of hydrogen-bond acceptors (Lipinski definition) is 3. The summed E-state index contributed by atoms with van der Waals surface area (Å²) in [5.41, 5.74) is 1.20. The minimum Gasteiger partial charge on any atom is -0.217 e. The second kappa shape index (κ2) is 4.91. The molecule has 0 N–H and O–H groups in total. The van der Waals surface area contributed by atoms with E-state index in [0.29, 0.717) is 13.0 Å². The minimum atomic E-state index is 0.396. The first-order chi connectivity index (χ1) is 9.38. The molecule has 1 aromatic heterocycles. The number of terminal acetylenes is 1. The second-order valence-electron chi connectivity index (χ2n) is 4.27. The summed E-state index contributed by atoms with van der Waals surface area (Å²) in [6.45, 7) is 0.396. The lowest BCUT2D eigenvalue weighted by Gasteiger charge is -2.06. The molecule has 0 unspecified atom stereocenters. The lowest BCUT2D eigenvalue weighted by molar-refractivity contribution is 0.647. The van der Waals surface area contributed by atoms with Gasteiger partial charge in [-0.3, -0.25) is 0 Å². The molecular formula is C15H12N4. The van der Waals surface area contributed by atoms with E-state index in [4.69, 9.17) is 6.42 Å². The Morgan fingerprint density at radius 1 is 1.11 bits per heavy atom. The van der Waals surface area contributed by atoms with Crippen LogP contribution in [0, 0.1) is 12.3 Å². The quantitative estimate of drug-likeness (QED) is 0.666. The Labute approximate surface area is 111 Å². The van der Waals surface area contributed by atoms with E-state index in [9.17, 15) is 0 Å². The number of nitrogens with zero attached hydrogens (tertiary/aromatic N) is 4. The van der Waals surface area contributed by atoms with Crippen LogP contribution in [0.3, 0.4) is 0 Å². The molecule has 3 rings (SSSR count). The van der Waals surface area contributed by atoms with Crippen LogP contribution < -0.4 is 0 Å². The molecule has 0 fully saturated rings. The average Bonchev–Trinajstić information content (AvgIpc) is 2.87. The Bertz CT molecular complexity index is 747. The molecule has 1 heterocycles. The first kappa shape index (κ1) is 11.4. The van der Waals surface area contributed by atoms with Crippen molar-refractivity contribution in [1.29, 1.82) is 0 Å². The van der Waals surface area contributed by atoms with Gasteiger partial charge in [0.25, 0.3) is 0 Å². The molecule has 0 bridgehead atoms. The molecule has 0 aliphatic rings. The highest BCUT2D eigenvalue weighted by atomic mass is 15.5. The van der Waals surface area contributed by atoms with Gasteiger partial charge < -0.3 is 0 Å². The third-order valence-corrected chi connectivity index (χ3v) is 3.08. The first-order valence-corrected chi connectivity index (χ1v) is 6.03. The Morgan fingerprint density at radius 3 is 2.84 bits per heavy atom. The molecule has 19 heavy (non-hydrogen) atoms. The maximum Gasteiger partial charge on any atom is 0.156 e. The van der Waals surface area contributed by atoms with Crippen molar-refractivity contribution in [1.82, 2.24) is 20.2 Å². The highest BCUT2D eigenvalue weighted by Crippen LogP contribution is 2.20. The van der Waals surface area contributed by atoms with E-state index in [0.717, 1.165) is 5.82 Å². The van der Waals surface area contributed by atoms with E-state index in [1.54, 1.807) is 4.68 Å².